The Labute approximate surface area is 194 Å². The zero-order valence-electron chi connectivity index (χ0n) is 19.6. The van der Waals surface area contributed by atoms with Gasteiger partial charge >= 0.3 is 0 Å². The monoisotopic (exact) mass is 426 g/mol. The first-order valence-corrected chi connectivity index (χ1v) is 12.7. The molecule has 1 saturated carbocycles. The number of rotatable bonds is 9. The van der Waals surface area contributed by atoms with Crippen molar-refractivity contribution in [3.63, 3.8) is 0 Å². The Bertz CT molecular complexity index is 967. The van der Waals surface area contributed by atoms with Gasteiger partial charge in [0.15, 0.2) is 0 Å². The largest absolute Gasteiger partial charge is 0.507 e. The summed E-state index contributed by atoms with van der Waals surface area (Å²) in [4.78, 5) is 0. The van der Waals surface area contributed by atoms with Gasteiger partial charge in [-0.1, -0.05) is 112 Å². The van der Waals surface area contributed by atoms with Crippen molar-refractivity contribution in [3.8, 4) is 28.0 Å². The molecule has 0 amide bonds. The lowest BCUT2D eigenvalue weighted by Crippen LogP contribution is -2.13. The molecule has 1 fully saturated rings. The molecule has 3 aromatic rings. The summed E-state index contributed by atoms with van der Waals surface area (Å²) in [5.74, 6) is 1.91. The van der Waals surface area contributed by atoms with E-state index in [1.165, 1.54) is 75.3 Å². The van der Waals surface area contributed by atoms with E-state index in [4.69, 9.17) is 0 Å². The highest BCUT2D eigenvalue weighted by atomic mass is 16.3. The van der Waals surface area contributed by atoms with E-state index in [1.54, 1.807) is 0 Å². The van der Waals surface area contributed by atoms with Crippen molar-refractivity contribution in [2.45, 2.75) is 77.0 Å². The highest BCUT2D eigenvalue weighted by molar-refractivity contribution is 5.86. The third-order valence-electron chi connectivity index (χ3n) is 7.36. The van der Waals surface area contributed by atoms with Crippen LogP contribution in [-0.4, -0.2) is 5.11 Å². The van der Waals surface area contributed by atoms with E-state index >= 15 is 0 Å². The van der Waals surface area contributed by atoms with E-state index in [0.29, 0.717) is 11.7 Å². The third-order valence-corrected chi connectivity index (χ3v) is 7.36. The summed E-state index contributed by atoms with van der Waals surface area (Å²) in [6, 6.07) is 25.2. The van der Waals surface area contributed by atoms with Crippen molar-refractivity contribution < 1.29 is 5.11 Å². The van der Waals surface area contributed by atoms with Crippen molar-refractivity contribution >= 4 is 0 Å². The van der Waals surface area contributed by atoms with Gasteiger partial charge in [0.05, 0.1) is 0 Å². The molecule has 0 aromatic heterocycles. The van der Waals surface area contributed by atoms with Crippen molar-refractivity contribution in [3.05, 3.63) is 78.4 Å². The maximum Gasteiger partial charge on any atom is 0.123 e. The third kappa shape index (κ3) is 5.63. The van der Waals surface area contributed by atoms with E-state index in [0.717, 1.165) is 22.6 Å². The quantitative estimate of drug-likeness (QED) is 0.338. The van der Waals surface area contributed by atoms with E-state index < -0.39 is 0 Å². The van der Waals surface area contributed by atoms with Crippen LogP contribution in [0.4, 0.5) is 0 Å². The first-order valence-electron chi connectivity index (χ1n) is 12.7. The Morgan fingerprint density at radius 3 is 2.09 bits per heavy atom. The number of unbranched alkanes of at least 4 members (excludes halogenated alkanes) is 4. The van der Waals surface area contributed by atoms with Crippen LogP contribution in [0, 0.1) is 5.92 Å². The Morgan fingerprint density at radius 2 is 1.38 bits per heavy atom. The van der Waals surface area contributed by atoms with Gasteiger partial charge in [0.2, 0.25) is 0 Å². The molecule has 0 spiro atoms. The van der Waals surface area contributed by atoms with Gasteiger partial charge in [-0.05, 0) is 65.8 Å². The molecule has 0 atom stereocenters. The fourth-order valence-electron chi connectivity index (χ4n) is 5.44. The fraction of sp³-hybridized carbons (Fsp3) is 0.419. The second-order valence-corrected chi connectivity index (χ2v) is 9.61. The Kier molecular flexibility index (Phi) is 8.04. The summed E-state index contributed by atoms with van der Waals surface area (Å²) in [5.41, 5.74) is 5.67. The van der Waals surface area contributed by atoms with Gasteiger partial charge in [0.1, 0.15) is 5.75 Å². The average Bonchev–Trinajstić information content (AvgIpc) is 2.85. The van der Waals surface area contributed by atoms with Crippen molar-refractivity contribution in [2.24, 2.45) is 5.92 Å². The molecule has 3 aromatic carbocycles. The van der Waals surface area contributed by atoms with E-state index in [-0.39, 0.29) is 0 Å². The lowest BCUT2D eigenvalue weighted by Gasteiger charge is -2.29. The second-order valence-electron chi connectivity index (χ2n) is 9.61. The molecular formula is C31H38O. The molecule has 1 heteroatoms. The zero-order valence-corrected chi connectivity index (χ0v) is 19.6. The standard InChI is InChI=1S/C31H38O/c1-2-3-4-5-7-12-24-17-19-25(20-18-24)27-21-22-30(31(32)23-27)29-16-11-10-15-28(29)26-13-8-6-9-14-26/h6,8-11,13-16,21-25,32H,2-5,7,12,17-20H2,1H3. The highest BCUT2D eigenvalue weighted by Gasteiger charge is 2.23. The first-order chi connectivity index (χ1) is 15.8. The van der Waals surface area contributed by atoms with Crippen LogP contribution >= 0.6 is 0 Å². The molecule has 0 bridgehead atoms. The molecular weight excluding hydrogens is 388 g/mol. The molecule has 0 unspecified atom stereocenters. The Hall–Kier alpha value is -2.54. The van der Waals surface area contributed by atoms with Gasteiger partial charge in [-0.3, -0.25) is 0 Å². The summed E-state index contributed by atoms with van der Waals surface area (Å²) in [6.07, 6.45) is 13.6. The van der Waals surface area contributed by atoms with Gasteiger partial charge in [0.25, 0.3) is 0 Å². The van der Waals surface area contributed by atoms with Crippen LogP contribution in [0.15, 0.2) is 72.8 Å². The van der Waals surface area contributed by atoms with Gasteiger partial charge in [0, 0.05) is 5.56 Å². The molecule has 0 heterocycles. The average molecular weight is 427 g/mol. The SMILES string of the molecule is CCCCCCCC1CCC(c2ccc(-c3ccccc3-c3ccccc3)c(O)c2)CC1. The summed E-state index contributed by atoms with van der Waals surface area (Å²) in [6.45, 7) is 2.29. The van der Waals surface area contributed by atoms with Gasteiger partial charge in [-0.2, -0.15) is 0 Å². The Morgan fingerprint density at radius 1 is 0.688 bits per heavy atom. The summed E-state index contributed by atoms with van der Waals surface area (Å²) in [5, 5.41) is 11.0. The summed E-state index contributed by atoms with van der Waals surface area (Å²) >= 11 is 0. The molecule has 168 valence electrons. The van der Waals surface area contributed by atoms with Gasteiger partial charge in [-0.15, -0.1) is 0 Å². The van der Waals surface area contributed by atoms with Crippen LogP contribution in [0.2, 0.25) is 0 Å². The lowest BCUT2D eigenvalue weighted by molar-refractivity contribution is 0.301. The van der Waals surface area contributed by atoms with Gasteiger partial charge < -0.3 is 5.11 Å². The normalized spacial score (nSPS) is 18.5. The molecule has 0 radical (unpaired) electrons. The predicted octanol–water partition coefficient (Wildman–Crippen LogP) is 9.36. The number of phenolic OH excluding ortho intramolecular Hbond substituents is 1. The molecule has 0 saturated heterocycles. The molecule has 1 aliphatic carbocycles. The minimum atomic E-state index is 0.406. The van der Waals surface area contributed by atoms with E-state index in [2.05, 4.69) is 67.6 Å². The zero-order chi connectivity index (χ0) is 22.2. The van der Waals surface area contributed by atoms with Crippen LogP contribution in [0.5, 0.6) is 5.75 Å². The summed E-state index contributed by atoms with van der Waals surface area (Å²) in [7, 11) is 0. The fourth-order valence-corrected chi connectivity index (χ4v) is 5.44. The minimum Gasteiger partial charge on any atom is -0.507 e. The lowest BCUT2D eigenvalue weighted by atomic mass is 9.76. The topological polar surface area (TPSA) is 20.2 Å². The smallest absolute Gasteiger partial charge is 0.123 e. The first kappa shape index (κ1) is 22.6. The van der Waals surface area contributed by atoms with Crippen LogP contribution < -0.4 is 0 Å². The maximum absolute atomic E-state index is 11.0. The van der Waals surface area contributed by atoms with Crippen LogP contribution in [0.1, 0.15) is 82.6 Å². The highest BCUT2D eigenvalue weighted by Crippen LogP contribution is 2.42. The van der Waals surface area contributed by atoms with Gasteiger partial charge in [-0.25, -0.2) is 0 Å². The molecule has 1 nitrogen and oxygen atoms in total. The van der Waals surface area contributed by atoms with E-state index in [9.17, 15) is 5.11 Å². The van der Waals surface area contributed by atoms with Crippen molar-refractivity contribution in [2.75, 3.05) is 0 Å². The number of aromatic hydroxyl groups is 1. The second kappa shape index (κ2) is 11.4. The maximum atomic E-state index is 11.0. The van der Waals surface area contributed by atoms with Crippen molar-refractivity contribution in [1.82, 2.24) is 0 Å². The molecule has 1 aliphatic rings. The molecule has 4 rings (SSSR count). The van der Waals surface area contributed by atoms with Crippen LogP contribution in [0.25, 0.3) is 22.3 Å². The molecule has 1 N–H and O–H groups in total. The number of phenols is 1. The molecule has 32 heavy (non-hydrogen) atoms. The summed E-state index contributed by atoms with van der Waals surface area (Å²) < 4.78 is 0. The number of hydrogen-bond acceptors (Lipinski definition) is 1. The molecule has 0 aliphatic heterocycles. The van der Waals surface area contributed by atoms with Crippen molar-refractivity contribution in [1.29, 1.82) is 0 Å². The number of hydrogen-bond donors (Lipinski definition) is 1. The predicted molar refractivity (Wildman–Crippen MR) is 137 cm³/mol. The van der Waals surface area contributed by atoms with Crippen LogP contribution in [0.3, 0.4) is 0 Å². The Balaban J connectivity index is 1.41. The number of benzene rings is 3. The van der Waals surface area contributed by atoms with Crippen LogP contribution in [-0.2, 0) is 0 Å². The van der Waals surface area contributed by atoms with E-state index in [1.807, 2.05) is 12.1 Å². The minimum absolute atomic E-state index is 0.406.